The van der Waals surface area contributed by atoms with Gasteiger partial charge in [0.05, 0.1) is 29.2 Å². The summed E-state index contributed by atoms with van der Waals surface area (Å²) >= 11 is 0. The molecular formula is C42H52O7S2. The van der Waals surface area contributed by atoms with Gasteiger partial charge in [-0.15, -0.1) is 0 Å². The van der Waals surface area contributed by atoms with E-state index in [4.69, 9.17) is 13.1 Å². The Kier molecular flexibility index (Phi) is 16.3. The van der Waals surface area contributed by atoms with E-state index in [1.54, 1.807) is 0 Å². The molecule has 0 spiro atoms. The molecule has 7 nitrogen and oxygen atoms in total. The number of hydrogen-bond donors (Lipinski definition) is 0. The van der Waals surface area contributed by atoms with Crippen LogP contribution in [0.4, 0.5) is 0 Å². The van der Waals surface area contributed by atoms with Crippen LogP contribution in [0, 0.1) is 0 Å². The van der Waals surface area contributed by atoms with E-state index in [-0.39, 0.29) is 29.2 Å². The first kappa shape index (κ1) is 39.9. The number of unbranched alkanes of at least 4 members (excludes halogenated alkanes) is 10. The molecule has 51 heavy (non-hydrogen) atoms. The van der Waals surface area contributed by atoms with Gasteiger partial charge in [-0.25, -0.2) is 13.2 Å². The van der Waals surface area contributed by atoms with E-state index in [0.717, 1.165) is 51.4 Å². The Morgan fingerprint density at radius 2 is 0.824 bits per heavy atom. The van der Waals surface area contributed by atoms with Gasteiger partial charge in [-0.05, 0) is 77.7 Å². The highest BCUT2D eigenvalue weighted by atomic mass is 32.3. The summed E-state index contributed by atoms with van der Waals surface area (Å²) in [6.07, 6.45) is 12.2. The smallest absolute Gasteiger partial charge is 0.338 e. The molecule has 274 valence electrons. The van der Waals surface area contributed by atoms with Gasteiger partial charge in [0.25, 0.3) is 0 Å². The van der Waals surface area contributed by atoms with Gasteiger partial charge in [-0.3, -0.25) is 0 Å². The molecule has 4 rings (SSSR count). The lowest BCUT2D eigenvalue weighted by atomic mass is 10.1. The minimum Gasteiger partial charge on any atom is -0.462 e. The lowest BCUT2D eigenvalue weighted by molar-refractivity contribution is 0.0495. The lowest BCUT2D eigenvalue weighted by Gasteiger charge is -2.39. The van der Waals surface area contributed by atoms with Gasteiger partial charge in [0.15, 0.2) is 0 Å². The maximum atomic E-state index is 14.6. The molecule has 0 bridgehead atoms. The predicted molar refractivity (Wildman–Crippen MR) is 204 cm³/mol. The SMILES string of the molecule is CCCCCCCCOC(=O)c1cc(C(=O)OCCCCCCCC)cc(S(=O)(=O)OS(c2ccccc2)(c2ccccc2)c2ccccc2)c1. The molecule has 0 aromatic heterocycles. The van der Waals surface area contributed by atoms with Gasteiger partial charge in [0, 0.05) is 14.7 Å². The molecule has 0 saturated carbocycles. The predicted octanol–water partition coefficient (Wildman–Crippen LogP) is 11.3. The van der Waals surface area contributed by atoms with Crippen molar-refractivity contribution < 1.29 is 31.1 Å². The van der Waals surface area contributed by atoms with Crippen LogP contribution in [0.25, 0.3) is 0 Å². The normalized spacial score (nSPS) is 12.0. The molecule has 0 aliphatic rings. The Morgan fingerprint density at radius 1 is 0.471 bits per heavy atom. The van der Waals surface area contributed by atoms with Crippen LogP contribution in [-0.2, 0) is 23.2 Å². The van der Waals surface area contributed by atoms with Crippen LogP contribution in [0.15, 0.2) is 129 Å². The topological polar surface area (TPSA) is 96.0 Å². The molecule has 4 aromatic rings. The second-order valence-electron chi connectivity index (χ2n) is 12.6. The van der Waals surface area contributed by atoms with E-state index >= 15 is 0 Å². The van der Waals surface area contributed by atoms with Crippen molar-refractivity contribution >= 4 is 32.4 Å². The maximum Gasteiger partial charge on any atom is 0.338 e. The number of benzene rings is 4. The summed E-state index contributed by atoms with van der Waals surface area (Å²) in [7, 11) is -7.51. The minimum atomic E-state index is -4.63. The average molecular weight is 733 g/mol. The van der Waals surface area contributed by atoms with Gasteiger partial charge in [0.2, 0.25) is 0 Å². The van der Waals surface area contributed by atoms with Crippen molar-refractivity contribution in [2.75, 3.05) is 13.2 Å². The Labute approximate surface area is 306 Å². The van der Waals surface area contributed by atoms with Crippen LogP contribution in [0.3, 0.4) is 0 Å². The largest absolute Gasteiger partial charge is 0.462 e. The molecule has 0 radical (unpaired) electrons. The fraction of sp³-hybridized carbons (Fsp3) is 0.381. The van der Waals surface area contributed by atoms with Gasteiger partial charge in [-0.1, -0.05) is 133 Å². The number of hydrogen-bond acceptors (Lipinski definition) is 7. The molecule has 0 aliphatic carbocycles. The van der Waals surface area contributed by atoms with E-state index in [1.807, 2.05) is 91.0 Å². The van der Waals surface area contributed by atoms with Gasteiger partial charge < -0.3 is 9.47 Å². The zero-order valence-electron chi connectivity index (χ0n) is 30.0. The maximum absolute atomic E-state index is 14.6. The third kappa shape index (κ3) is 11.5. The fourth-order valence-corrected chi connectivity index (χ4v) is 11.1. The molecule has 0 N–H and O–H groups in total. The van der Waals surface area contributed by atoms with Crippen LogP contribution >= 0.6 is 10.3 Å². The summed E-state index contributed by atoms with van der Waals surface area (Å²) < 4.78 is 46.8. The zero-order valence-corrected chi connectivity index (χ0v) is 31.6. The van der Waals surface area contributed by atoms with Crippen molar-refractivity contribution in [2.45, 2.75) is 110 Å². The minimum absolute atomic E-state index is 0.0584. The molecule has 0 aliphatic heterocycles. The van der Waals surface area contributed by atoms with Crippen LogP contribution in [-0.4, -0.2) is 33.6 Å². The van der Waals surface area contributed by atoms with Crippen LogP contribution < -0.4 is 0 Å². The summed E-state index contributed by atoms with van der Waals surface area (Å²) in [5.41, 5.74) is -0.117. The van der Waals surface area contributed by atoms with Crippen LogP contribution in [0.1, 0.15) is 112 Å². The Bertz CT molecular complexity index is 1600. The van der Waals surface area contributed by atoms with E-state index < -0.39 is 32.4 Å². The summed E-state index contributed by atoms with van der Waals surface area (Å²) in [6, 6.07) is 31.6. The van der Waals surface area contributed by atoms with Crippen molar-refractivity contribution in [1.29, 1.82) is 0 Å². The third-order valence-corrected chi connectivity index (χ3v) is 13.7. The van der Waals surface area contributed by atoms with Gasteiger partial charge >= 0.3 is 22.1 Å². The second-order valence-corrected chi connectivity index (χ2v) is 17.0. The van der Waals surface area contributed by atoms with Crippen molar-refractivity contribution in [3.05, 3.63) is 120 Å². The molecule has 0 saturated heterocycles. The van der Waals surface area contributed by atoms with E-state index in [1.165, 1.54) is 31.0 Å². The monoisotopic (exact) mass is 732 g/mol. The molecule has 0 atom stereocenters. The Morgan fingerprint density at radius 3 is 1.20 bits per heavy atom. The zero-order chi connectivity index (χ0) is 36.4. The van der Waals surface area contributed by atoms with Crippen molar-refractivity contribution in [3.63, 3.8) is 0 Å². The fourth-order valence-electron chi connectivity index (χ4n) is 5.78. The molecular weight excluding hydrogens is 681 g/mol. The molecule has 0 heterocycles. The summed E-state index contributed by atoms with van der Waals surface area (Å²) in [5.74, 6) is -1.42. The molecule has 0 amide bonds. The first-order valence-corrected chi connectivity index (χ1v) is 21.2. The molecule has 4 aromatic carbocycles. The van der Waals surface area contributed by atoms with E-state index in [9.17, 15) is 18.0 Å². The first-order chi connectivity index (χ1) is 24.8. The third-order valence-electron chi connectivity index (χ3n) is 8.55. The Hall–Kier alpha value is -3.92. The highest BCUT2D eigenvalue weighted by Gasteiger charge is 2.38. The van der Waals surface area contributed by atoms with Gasteiger partial charge in [-0.2, -0.15) is 8.42 Å². The first-order valence-electron chi connectivity index (χ1n) is 18.3. The number of esters is 2. The van der Waals surface area contributed by atoms with Crippen molar-refractivity contribution in [2.24, 2.45) is 0 Å². The van der Waals surface area contributed by atoms with Gasteiger partial charge in [0.1, 0.15) is 0 Å². The molecule has 0 unspecified atom stereocenters. The number of rotatable bonds is 22. The highest BCUT2D eigenvalue weighted by molar-refractivity contribution is 8.33. The highest BCUT2D eigenvalue weighted by Crippen LogP contribution is 2.70. The number of carbonyl (C=O) groups is 2. The number of carbonyl (C=O) groups excluding carboxylic acids is 2. The summed E-state index contributed by atoms with van der Waals surface area (Å²) in [6.45, 7) is 4.71. The van der Waals surface area contributed by atoms with Crippen molar-refractivity contribution in [1.82, 2.24) is 0 Å². The lowest BCUT2D eigenvalue weighted by Crippen LogP contribution is -2.17. The van der Waals surface area contributed by atoms with E-state index in [2.05, 4.69) is 13.8 Å². The summed E-state index contributed by atoms with van der Waals surface area (Å²) in [5, 5.41) is 0. The molecule has 9 heteroatoms. The number of ether oxygens (including phenoxy) is 2. The van der Waals surface area contributed by atoms with Crippen molar-refractivity contribution in [3.8, 4) is 0 Å². The standard InChI is InChI=1S/C42H52O7S2/c1-3-5-7-9-11-22-30-47-41(43)35-32-36(42(44)48-31-23-12-10-8-6-4-2)34-40(33-35)51(45,46)49-50(37-24-16-13-17-25-37,38-26-18-14-19-27-38)39-28-20-15-21-29-39/h13-21,24-29,32-34H,3-12,22-23,30-31H2,1-2H3. The van der Waals surface area contributed by atoms with Crippen LogP contribution in [0.5, 0.6) is 0 Å². The van der Waals surface area contributed by atoms with Crippen LogP contribution in [0.2, 0.25) is 0 Å². The summed E-state index contributed by atoms with van der Waals surface area (Å²) in [4.78, 5) is 28.4. The Balaban J connectivity index is 1.70. The van der Waals surface area contributed by atoms with E-state index in [0.29, 0.717) is 27.5 Å². The second kappa shape index (κ2) is 20.8. The average Bonchev–Trinajstić information content (AvgIpc) is 3.17. The molecule has 0 fully saturated rings. The quantitative estimate of drug-likeness (QED) is 0.0586.